The maximum Gasteiger partial charge on any atom is 0.179 e. The molecule has 0 saturated carbocycles. The third-order valence-electron chi connectivity index (χ3n) is 3.44. The highest BCUT2D eigenvalue weighted by Gasteiger charge is 2.21. The lowest BCUT2D eigenvalue weighted by Gasteiger charge is -2.33. The Morgan fingerprint density at radius 2 is 2.26 bits per heavy atom. The van der Waals surface area contributed by atoms with Gasteiger partial charge in [0.15, 0.2) is 9.84 Å². The van der Waals surface area contributed by atoms with Crippen molar-refractivity contribution in [2.45, 2.75) is 17.9 Å². The average Bonchev–Trinajstić information content (AvgIpc) is 2.38. The molecule has 0 radical (unpaired) electrons. The Hall–Kier alpha value is -0.430. The number of benzene rings is 1. The Bertz CT molecular complexity index is 533. The Morgan fingerprint density at radius 3 is 2.95 bits per heavy atom. The van der Waals surface area contributed by atoms with Gasteiger partial charge in [0, 0.05) is 36.7 Å². The van der Waals surface area contributed by atoms with E-state index in [1.54, 1.807) is 18.2 Å². The van der Waals surface area contributed by atoms with E-state index in [1.807, 2.05) is 6.07 Å². The molecule has 1 aromatic rings. The summed E-state index contributed by atoms with van der Waals surface area (Å²) in [6.45, 7) is 5.49. The number of nitrogens with one attached hydrogen (secondary N) is 1. The highest BCUT2D eigenvalue weighted by atomic mass is 79.9. The van der Waals surface area contributed by atoms with Crippen LogP contribution in [0, 0.1) is 0 Å². The van der Waals surface area contributed by atoms with Crippen LogP contribution in [0.4, 0.5) is 0 Å². The summed E-state index contributed by atoms with van der Waals surface area (Å²) in [7, 11) is -3.20. The molecule has 1 saturated heterocycles. The summed E-state index contributed by atoms with van der Waals surface area (Å²) < 4.78 is 25.3. The Balaban J connectivity index is 2.01. The van der Waals surface area contributed by atoms with Crippen LogP contribution in [0.5, 0.6) is 0 Å². The van der Waals surface area contributed by atoms with Crippen molar-refractivity contribution in [3.63, 3.8) is 0 Å². The zero-order valence-electron chi connectivity index (χ0n) is 11.0. The number of rotatable bonds is 4. The maximum atomic E-state index is 12.3. The van der Waals surface area contributed by atoms with Gasteiger partial charge < -0.3 is 5.32 Å². The van der Waals surface area contributed by atoms with E-state index < -0.39 is 9.84 Å². The quantitative estimate of drug-likeness (QED) is 0.897. The molecule has 6 heteroatoms. The van der Waals surface area contributed by atoms with Crippen molar-refractivity contribution in [1.82, 2.24) is 10.2 Å². The van der Waals surface area contributed by atoms with E-state index in [1.165, 1.54) is 0 Å². The molecule has 0 spiro atoms. The number of nitrogens with zero attached hydrogens (tertiary/aromatic N) is 1. The number of sulfone groups is 1. The smallest absolute Gasteiger partial charge is 0.179 e. The first-order chi connectivity index (χ1) is 8.99. The van der Waals surface area contributed by atoms with E-state index in [-0.39, 0.29) is 5.75 Å². The standard InChI is InChI=1S/C13H19BrN2O2S/c1-11-10-15-5-6-16(11)7-8-19(17,18)13-4-2-3-12(14)9-13/h2-4,9,11,15H,5-8,10H2,1H3/t11-/m0/s1. The van der Waals surface area contributed by atoms with Crippen LogP contribution in [0.25, 0.3) is 0 Å². The second-order valence-corrected chi connectivity index (χ2v) is 7.89. The van der Waals surface area contributed by atoms with Gasteiger partial charge in [-0.1, -0.05) is 22.0 Å². The zero-order chi connectivity index (χ0) is 13.9. The lowest BCUT2D eigenvalue weighted by molar-refractivity contribution is 0.184. The van der Waals surface area contributed by atoms with Gasteiger partial charge in [0.05, 0.1) is 10.6 Å². The van der Waals surface area contributed by atoms with Crippen LogP contribution in [0.15, 0.2) is 33.6 Å². The lowest BCUT2D eigenvalue weighted by Crippen LogP contribution is -2.50. The van der Waals surface area contributed by atoms with E-state index in [4.69, 9.17) is 0 Å². The molecule has 1 heterocycles. The minimum absolute atomic E-state index is 0.174. The fourth-order valence-electron chi connectivity index (χ4n) is 2.23. The second kappa shape index (κ2) is 6.35. The van der Waals surface area contributed by atoms with Crippen LogP contribution in [-0.2, 0) is 9.84 Å². The van der Waals surface area contributed by atoms with Crippen molar-refractivity contribution >= 4 is 25.8 Å². The molecule has 4 nitrogen and oxygen atoms in total. The highest BCUT2D eigenvalue weighted by molar-refractivity contribution is 9.10. The van der Waals surface area contributed by atoms with E-state index in [0.717, 1.165) is 24.1 Å². The van der Waals surface area contributed by atoms with Crippen molar-refractivity contribution in [3.8, 4) is 0 Å². The molecular formula is C13H19BrN2O2S. The van der Waals surface area contributed by atoms with Gasteiger partial charge in [0.25, 0.3) is 0 Å². The zero-order valence-corrected chi connectivity index (χ0v) is 13.4. The van der Waals surface area contributed by atoms with E-state index in [9.17, 15) is 8.42 Å². The fraction of sp³-hybridized carbons (Fsp3) is 0.538. The topological polar surface area (TPSA) is 49.4 Å². The van der Waals surface area contributed by atoms with Gasteiger partial charge in [-0.3, -0.25) is 4.90 Å². The van der Waals surface area contributed by atoms with E-state index in [2.05, 4.69) is 33.1 Å². The van der Waals surface area contributed by atoms with Crippen molar-refractivity contribution in [2.24, 2.45) is 0 Å². The molecule has 106 valence electrons. The summed E-state index contributed by atoms with van der Waals surface area (Å²) in [6.07, 6.45) is 0. The first-order valence-corrected chi connectivity index (χ1v) is 8.87. The molecule has 19 heavy (non-hydrogen) atoms. The Morgan fingerprint density at radius 1 is 1.47 bits per heavy atom. The first kappa shape index (κ1) is 15.0. The predicted molar refractivity (Wildman–Crippen MR) is 80.1 cm³/mol. The minimum Gasteiger partial charge on any atom is -0.314 e. The molecule has 1 aliphatic heterocycles. The second-order valence-electron chi connectivity index (χ2n) is 4.87. The molecule has 1 aromatic carbocycles. The molecule has 2 rings (SSSR count). The third-order valence-corrected chi connectivity index (χ3v) is 5.63. The molecular weight excluding hydrogens is 328 g/mol. The van der Waals surface area contributed by atoms with Gasteiger partial charge in [-0.05, 0) is 25.1 Å². The predicted octanol–water partition coefficient (Wildman–Crippen LogP) is 1.52. The van der Waals surface area contributed by atoms with E-state index >= 15 is 0 Å². The van der Waals surface area contributed by atoms with Crippen molar-refractivity contribution < 1.29 is 8.42 Å². The largest absolute Gasteiger partial charge is 0.314 e. The molecule has 0 aliphatic carbocycles. The van der Waals surface area contributed by atoms with Gasteiger partial charge in [-0.25, -0.2) is 8.42 Å². The number of hydrogen-bond acceptors (Lipinski definition) is 4. The molecule has 1 fully saturated rings. The Labute approximate surface area is 123 Å². The molecule has 0 aromatic heterocycles. The highest BCUT2D eigenvalue weighted by Crippen LogP contribution is 2.17. The Kier molecular flexibility index (Phi) is 5.00. The van der Waals surface area contributed by atoms with Crippen molar-refractivity contribution in [3.05, 3.63) is 28.7 Å². The van der Waals surface area contributed by atoms with Crippen LogP contribution >= 0.6 is 15.9 Å². The minimum atomic E-state index is -3.20. The number of hydrogen-bond donors (Lipinski definition) is 1. The monoisotopic (exact) mass is 346 g/mol. The normalized spacial score (nSPS) is 21.5. The van der Waals surface area contributed by atoms with Gasteiger partial charge in [-0.2, -0.15) is 0 Å². The fourth-order valence-corrected chi connectivity index (χ4v) is 4.08. The van der Waals surface area contributed by atoms with Crippen LogP contribution < -0.4 is 5.32 Å². The van der Waals surface area contributed by atoms with Crippen molar-refractivity contribution in [2.75, 3.05) is 31.9 Å². The summed E-state index contributed by atoms with van der Waals surface area (Å²) >= 11 is 3.31. The van der Waals surface area contributed by atoms with Crippen molar-refractivity contribution in [1.29, 1.82) is 0 Å². The first-order valence-electron chi connectivity index (χ1n) is 6.42. The molecule has 1 atom stereocenters. The van der Waals surface area contributed by atoms with Gasteiger partial charge in [0.2, 0.25) is 0 Å². The maximum absolute atomic E-state index is 12.3. The average molecular weight is 347 g/mol. The number of halogens is 1. The SMILES string of the molecule is C[C@H]1CNCCN1CCS(=O)(=O)c1cccc(Br)c1. The van der Waals surface area contributed by atoms with Crippen LogP contribution in [-0.4, -0.2) is 51.3 Å². The molecule has 0 bridgehead atoms. The summed E-state index contributed by atoms with van der Waals surface area (Å²) in [5.74, 6) is 0.174. The molecule has 1 aliphatic rings. The van der Waals surface area contributed by atoms with Gasteiger partial charge in [-0.15, -0.1) is 0 Å². The summed E-state index contributed by atoms with van der Waals surface area (Å²) in [4.78, 5) is 2.62. The molecule has 0 amide bonds. The lowest BCUT2D eigenvalue weighted by atomic mass is 10.2. The van der Waals surface area contributed by atoms with Crippen LogP contribution in [0.2, 0.25) is 0 Å². The van der Waals surface area contributed by atoms with E-state index in [0.29, 0.717) is 17.5 Å². The van der Waals surface area contributed by atoms with Crippen LogP contribution in [0.3, 0.4) is 0 Å². The summed E-state index contributed by atoms with van der Waals surface area (Å²) in [5, 5.41) is 3.30. The molecule has 1 N–H and O–H groups in total. The molecule has 0 unspecified atom stereocenters. The van der Waals surface area contributed by atoms with Gasteiger partial charge in [0.1, 0.15) is 0 Å². The third kappa shape index (κ3) is 4.02. The number of piperazine rings is 1. The summed E-state index contributed by atoms with van der Waals surface area (Å²) in [5.41, 5.74) is 0. The summed E-state index contributed by atoms with van der Waals surface area (Å²) in [6, 6.07) is 7.30. The van der Waals surface area contributed by atoms with Crippen LogP contribution in [0.1, 0.15) is 6.92 Å². The van der Waals surface area contributed by atoms with Gasteiger partial charge >= 0.3 is 0 Å².